The lowest BCUT2D eigenvalue weighted by Crippen LogP contribution is -2.36. The molecule has 0 bridgehead atoms. The van der Waals surface area contributed by atoms with E-state index in [4.69, 9.17) is 0 Å². The maximum Gasteiger partial charge on any atom is 0.416 e. The number of carbonyl (C=O) groups excluding carboxylic acids is 1. The quantitative estimate of drug-likeness (QED) is 0.728. The number of anilines is 2. The summed E-state index contributed by atoms with van der Waals surface area (Å²) in [6.07, 6.45) is -4.39. The van der Waals surface area contributed by atoms with Crippen LogP contribution in [0.25, 0.3) is 11.1 Å². The third kappa shape index (κ3) is 5.25. The van der Waals surface area contributed by atoms with Gasteiger partial charge in [0.1, 0.15) is 0 Å². The van der Waals surface area contributed by atoms with Gasteiger partial charge in [-0.05, 0) is 40.8 Å². The number of benzene rings is 2. The molecule has 0 aromatic heterocycles. The van der Waals surface area contributed by atoms with Gasteiger partial charge >= 0.3 is 6.18 Å². The van der Waals surface area contributed by atoms with Crippen molar-refractivity contribution in [2.45, 2.75) is 33.9 Å². The van der Waals surface area contributed by atoms with Gasteiger partial charge in [-0.1, -0.05) is 39.0 Å². The fourth-order valence-electron chi connectivity index (χ4n) is 2.87. The van der Waals surface area contributed by atoms with Crippen LogP contribution in [0.15, 0.2) is 42.5 Å². The van der Waals surface area contributed by atoms with E-state index in [1.165, 1.54) is 13.0 Å². The summed E-state index contributed by atoms with van der Waals surface area (Å²) in [5, 5.41) is 3.06. The Morgan fingerprint density at radius 1 is 1.04 bits per heavy atom. The lowest BCUT2D eigenvalue weighted by atomic mass is 9.95. The molecule has 6 heteroatoms. The number of amides is 1. The molecule has 146 valence electrons. The normalized spacial score (nSPS) is 12.0. The van der Waals surface area contributed by atoms with Gasteiger partial charge in [-0.2, -0.15) is 13.2 Å². The van der Waals surface area contributed by atoms with Crippen LogP contribution in [0, 0.1) is 5.41 Å². The molecule has 3 nitrogen and oxygen atoms in total. The average Bonchev–Trinajstić information content (AvgIpc) is 2.57. The predicted molar refractivity (Wildman–Crippen MR) is 104 cm³/mol. The summed E-state index contributed by atoms with van der Waals surface area (Å²) in [4.78, 5) is 13.9. The Labute approximate surface area is 158 Å². The van der Waals surface area contributed by atoms with Crippen molar-refractivity contribution in [1.29, 1.82) is 0 Å². The van der Waals surface area contributed by atoms with Crippen LogP contribution in [0.1, 0.15) is 33.3 Å². The zero-order valence-corrected chi connectivity index (χ0v) is 16.2. The number of rotatable bonds is 4. The number of nitrogens with zero attached hydrogens (tertiary/aromatic N) is 1. The summed E-state index contributed by atoms with van der Waals surface area (Å²) in [6.45, 7) is 8.16. The number of halogens is 3. The molecular formula is C21H25F3N2O. The van der Waals surface area contributed by atoms with Gasteiger partial charge in [-0.15, -0.1) is 0 Å². The second-order valence-corrected chi connectivity index (χ2v) is 7.73. The molecule has 2 rings (SSSR count). The van der Waals surface area contributed by atoms with Crippen molar-refractivity contribution < 1.29 is 18.0 Å². The first-order chi connectivity index (χ1) is 12.4. The topological polar surface area (TPSA) is 32.3 Å². The fourth-order valence-corrected chi connectivity index (χ4v) is 2.87. The summed E-state index contributed by atoms with van der Waals surface area (Å²) in [7, 11) is 1.73. The molecule has 2 aromatic rings. The van der Waals surface area contributed by atoms with Gasteiger partial charge in [-0.25, -0.2) is 0 Å². The van der Waals surface area contributed by atoms with Gasteiger partial charge in [0, 0.05) is 20.5 Å². The maximum atomic E-state index is 13.0. The molecule has 0 radical (unpaired) electrons. The first-order valence-corrected chi connectivity index (χ1v) is 8.70. The highest BCUT2D eigenvalue weighted by molar-refractivity contribution is 5.96. The molecule has 0 aliphatic heterocycles. The zero-order chi connectivity index (χ0) is 20.4. The summed E-state index contributed by atoms with van der Waals surface area (Å²) < 4.78 is 39.0. The van der Waals surface area contributed by atoms with E-state index in [0.717, 1.165) is 12.1 Å². The molecule has 1 N–H and O–H groups in total. The van der Waals surface area contributed by atoms with Gasteiger partial charge in [0.25, 0.3) is 0 Å². The Morgan fingerprint density at radius 2 is 1.67 bits per heavy atom. The van der Waals surface area contributed by atoms with Crippen LogP contribution < -0.4 is 10.2 Å². The van der Waals surface area contributed by atoms with E-state index in [2.05, 4.69) is 5.32 Å². The van der Waals surface area contributed by atoms with Crippen molar-refractivity contribution in [2.75, 3.05) is 23.8 Å². The molecule has 27 heavy (non-hydrogen) atoms. The van der Waals surface area contributed by atoms with Gasteiger partial charge in [0.2, 0.25) is 5.91 Å². The molecule has 0 spiro atoms. The minimum absolute atomic E-state index is 0.0896. The van der Waals surface area contributed by atoms with Crippen LogP contribution in [0.2, 0.25) is 0 Å². The van der Waals surface area contributed by atoms with Crippen LogP contribution >= 0.6 is 0 Å². The molecule has 0 saturated carbocycles. The SMILES string of the molecule is CNc1cc(-c2cccc(C(F)(F)F)c2)ccc1N(CC(C)(C)C)C(C)=O. The smallest absolute Gasteiger partial charge is 0.386 e. The lowest BCUT2D eigenvalue weighted by Gasteiger charge is -2.31. The van der Waals surface area contributed by atoms with E-state index < -0.39 is 11.7 Å². The molecule has 0 aliphatic rings. The molecule has 0 fully saturated rings. The standard InChI is InChI=1S/C21H25F3N2O/c1-14(27)26(13-20(2,3)4)19-10-9-16(12-18(19)25-5)15-7-6-8-17(11-15)21(22,23)24/h6-12,25H,13H2,1-5H3. The van der Waals surface area contributed by atoms with Crippen molar-refractivity contribution in [1.82, 2.24) is 0 Å². The minimum atomic E-state index is -4.39. The average molecular weight is 378 g/mol. The Bertz CT molecular complexity index is 823. The molecule has 0 heterocycles. The zero-order valence-electron chi connectivity index (χ0n) is 16.2. The molecule has 2 aromatic carbocycles. The van der Waals surface area contributed by atoms with E-state index in [1.807, 2.05) is 20.8 Å². The van der Waals surface area contributed by atoms with E-state index in [-0.39, 0.29) is 11.3 Å². The van der Waals surface area contributed by atoms with Crippen molar-refractivity contribution in [2.24, 2.45) is 5.41 Å². The highest BCUT2D eigenvalue weighted by Gasteiger charge is 2.30. The number of hydrogen-bond acceptors (Lipinski definition) is 2. The Kier molecular flexibility index (Phi) is 5.88. The number of nitrogens with one attached hydrogen (secondary N) is 1. The Hall–Kier alpha value is -2.50. The molecule has 1 amide bonds. The van der Waals surface area contributed by atoms with E-state index in [0.29, 0.717) is 29.0 Å². The van der Waals surface area contributed by atoms with Crippen LogP contribution in [0.5, 0.6) is 0 Å². The van der Waals surface area contributed by atoms with E-state index >= 15 is 0 Å². The minimum Gasteiger partial charge on any atom is -0.386 e. The first-order valence-electron chi connectivity index (χ1n) is 8.70. The van der Waals surface area contributed by atoms with Crippen molar-refractivity contribution >= 4 is 17.3 Å². The predicted octanol–water partition coefficient (Wildman–Crippen LogP) is 5.81. The molecule has 0 aliphatic carbocycles. The molecular weight excluding hydrogens is 353 g/mol. The van der Waals surface area contributed by atoms with E-state index in [1.54, 1.807) is 36.2 Å². The van der Waals surface area contributed by atoms with Crippen molar-refractivity contribution in [3.05, 3.63) is 48.0 Å². The molecule has 0 atom stereocenters. The van der Waals surface area contributed by atoms with Gasteiger partial charge in [0.15, 0.2) is 0 Å². The van der Waals surface area contributed by atoms with Crippen LogP contribution in [0.4, 0.5) is 24.5 Å². The maximum absolute atomic E-state index is 13.0. The van der Waals surface area contributed by atoms with E-state index in [9.17, 15) is 18.0 Å². The second-order valence-electron chi connectivity index (χ2n) is 7.73. The monoisotopic (exact) mass is 378 g/mol. The van der Waals surface area contributed by atoms with Crippen molar-refractivity contribution in [3.8, 4) is 11.1 Å². The van der Waals surface area contributed by atoms with Crippen LogP contribution in [-0.4, -0.2) is 19.5 Å². The molecule has 0 saturated heterocycles. The molecule has 0 unspecified atom stereocenters. The number of hydrogen-bond donors (Lipinski definition) is 1. The van der Waals surface area contributed by atoms with Gasteiger partial charge in [-0.3, -0.25) is 4.79 Å². The summed E-state index contributed by atoms with van der Waals surface area (Å²) >= 11 is 0. The third-order valence-electron chi connectivity index (χ3n) is 4.09. The lowest BCUT2D eigenvalue weighted by molar-refractivity contribution is -0.137. The summed E-state index contributed by atoms with van der Waals surface area (Å²) in [6, 6.07) is 10.5. The van der Waals surface area contributed by atoms with Crippen LogP contribution in [0.3, 0.4) is 0 Å². The Balaban J connectivity index is 2.49. The largest absolute Gasteiger partial charge is 0.416 e. The fraction of sp³-hybridized carbons (Fsp3) is 0.381. The Morgan fingerprint density at radius 3 is 2.19 bits per heavy atom. The van der Waals surface area contributed by atoms with Gasteiger partial charge in [0.05, 0.1) is 16.9 Å². The van der Waals surface area contributed by atoms with Gasteiger partial charge < -0.3 is 10.2 Å². The highest BCUT2D eigenvalue weighted by atomic mass is 19.4. The number of carbonyl (C=O) groups is 1. The van der Waals surface area contributed by atoms with Crippen LogP contribution in [-0.2, 0) is 11.0 Å². The summed E-state index contributed by atoms with van der Waals surface area (Å²) in [5.41, 5.74) is 1.72. The third-order valence-corrected chi connectivity index (χ3v) is 4.09. The highest BCUT2D eigenvalue weighted by Crippen LogP contribution is 2.36. The van der Waals surface area contributed by atoms with Crippen molar-refractivity contribution in [3.63, 3.8) is 0 Å². The number of alkyl halides is 3. The summed E-state index contributed by atoms with van der Waals surface area (Å²) in [5.74, 6) is -0.0896. The first kappa shape index (κ1) is 20.8. The second kappa shape index (κ2) is 7.62.